The zero-order valence-electron chi connectivity index (χ0n) is 11.1. The molecule has 0 amide bonds. The third-order valence-electron chi connectivity index (χ3n) is 4.97. The molecule has 0 aliphatic heterocycles. The first kappa shape index (κ1) is 13.3. The first-order valence-corrected chi connectivity index (χ1v) is 7.47. The van der Waals surface area contributed by atoms with Crippen LogP contribution >= 0.6 is 0 Å². The largest absolute Gasteiger partial charge is 0.248 e. The monoisotopic (exact) mass is 244 g/mol. The average molecular weight is 244 g/mol. The summed E-state index contributed by atoms with van der Waals surface area (Å²) in [5, 5.41) is 0. The lowest BCUT2D eigenvalue weighted by Crippen LogP contribution is -2.26. The van der Waals surface area contributed by atoms with E-state index in [2.05, 4.69) is 6.92 Å². The predicted molar refractivity (Wildman–Crippen MR) is 67.3 cm³/mol. The van der Waals surface area contributed by atoms with Crippen LogP contribution in [0.15, 0.2) is 0 Å². The van der Waals surface area contributed by atoms with Crippen molar-refractivity contribution in [3.63, 3.8) is 0 Å². The lowest BCUT2D eigenvalue weighted by molar-refractivity contribution is -0.0487. The standard InChI is InChI=1S/C15H26F2/c1-2-12-4-3-5-14(10-12)11-13-6-8-15(16,17)9-7-13/h12-14H,2-11H2,1H3. The van der Waals surface area contributed by atoms with Crippen molar-refractivity contribution in [2.24, 2.45) is 17.8 Å². The molecule has 2 fully saturated rings. The second-order valence-corrected chi connectivity index (χ2v) is 6.34. The van der Waals surface area contributed by atoms with Gasteiger partial charge < -0.3 is 0 Å². The SMILES string of the molecule is CCC1CCCC(CC2CCC(F)(F)CC2)C1. The highest BCUT2D eigenvalue weighted by Gasteiger charge is 2.35. The van der Waals surface area contributed by atoms with Crippen LogP contribution in [0.4, 0.5) is 8.78 Å². The van der Waals surface area contributed by atoms with E-state index < -0.39 is 5.92 Å². The van der Waals surface area contributed by atoms with Crippen LogP contribution in [-0.4, -0.2) is 5.92 Å². The van der Waals surface area contributed by atoms with E-state index in [9.17, 15) is 8.78 Å². The van der Waals surface area contributed by atoms with E-state index >= 15 is 0 Å². The van der Waals surface area contributed by atoms with Gasteiger partial charge in [0, 0.05) is 12.8 Å². The molecule has 0 saturated heterocycles. The second kappa shape index (κ2) is 5.67. The van der Waals surface area contributed by atoms with Gasteiger partial charge in [0.05, 0.1) is 0 Å². The maximum absolute atomic E-state index is 13.1. The number of halogens is 2. The molecular formula is C15H26F2. The first-order valence-electron chi connectivity index (χ1n) is 7.47. The summed E-state index contributed by atoms with van der Waals surface area (Å²) < 4.78 is 26.1. The summed E-state index contributed by atoms with van der Waals surface area (Å²) in [6.07, 6.45) is 9.82. The molecule has 0 aromatic heterocycles. The molecule has 100 valence electrons. The van der Waals surface area contributed by atoms with Gasteiger partial charge in [0.25, 0.3) is 0 Å². The second-order valence-electron chi connectivity index (χ2n) is 6.34. The third-order valence-corrected chi connectivity index (χ3v) is 4.97. The molecule has 17 heavy (non-hydrogen) atoms. The topological polar surface area (TPSA) is 0 Å². The molecule has 0 aromatic carbocycles. The molecule has 2 saturated carbocycles. The van der Waals surface area contributed by atoms with E-state index in [0.29, 0.717) is 5.92 Å². The van der Waals surface area contributed by atoms with Gasteiger partial charge in [-0.2, -0.15) is 0 Å². The summed E-state index contributed by atoms with van der Waals surface area (Å²) in [5.74, 6) is -0.00546. The molecule has 0 N–H and O–H groups in total. The fourth-order valence-electron chi connectivity index (χ4n) is 3.79. The van der Waals surface area contributed by atoms with Crippen LogP contribution in [0.2, 0.25) is 0 Å². The summed E-state index contributed by atoms with van der Waals surface area (Å²) in [4.78, 5) is 0. The normalized spacial score (nSPS) is 34.8. The van der Waals surface area contributed by atoms with Crippen LogP contribution in [0.3, 0.4) is 0 Å². The maximum Gasteiger partial charge on any atom is 0.248 e. The summed E-state index contributed by atoms with van der Waals surface area (Å²) >= 11 is 0. The molecule has 2 aliphatic rings. The minimum Gasteiger partial charge on any atom is -0.207 e. The maximum atomic E-state index is 13.1. The smallest absolute Gasteiger partial charge is 0.207 e. The minimum absolute atomic E-state index is 0.140. The van der Waals surface area contributed by atoms with E-state index in [1.165, 1.54) is 38.5 Å². The van der Waals surface area contributed by atoms with Crippen LogP contribution in [-0.2, 0) is 0 Å². The molecule has 2 unspecified atom stereocenters. The summed E-state index contributed by atoms with van der Waals surface area (Å²) in [6, 6.07) is 0. The van der Waals surface area contributed by atoms with E-state index in [4.69, 9.17) is 0 Å². The van der Waals surface area contributed by atoms with Crippen LogP contribution in [0, 0.1) is 17.8 Å². The Morgan fingerprint density at radius 3 is 2.24 bits per heavy atom. The molecule has 0 bridgehead atoms. The van der Waals surface area contributed by atoms with Crippen molar-refractivity contribution in [3.05, 3.63) is 0 Å². The van der Waals surface area contributed by atoms with Gasteiger partial charge >= 0.3 is 0 Å². The Morgan fingerprint density at radius 2 is 1.59 bits per heavy atom. The predicted octanol–water partition coefficient (Wildman–Crippen LogP) is 5.42. The number of alkyl halides is 2. The summed E-state index contributed by atoms with van der Waals surface area (Å²) in [7, 11) is 0. The van der Waals surface area contributed by atoms with Gasteiger partial charge in [0.15, 0.2) is 0 Å². The van der Waals surface area contributed by atoms with Crippen LogP contribution < -0.4 is 0 Å². The molecule has 2 heteroatoms. The lowest BCUT2D eigenvalue weighted by atomic mass is 9.73. The van der Waals surface area contributed by atoms with Crippen molar-refractivity contribution < 1.29 is 8.78 Å². The highest BCUT2D eigenvalue weighted by atomic mass is 19.3. The molecule has 0 nitrogen and oxygen atoms in total. The van der Waals surface area contributed by atoms with Crippen molar-refractivity contribution in [1.29, 1.82) is 0 Å². The summed E-state index contributed by atoms with van der Waals surface area (Å²) in [6.45, 7) is 2.29. The summed E-state index contributed by atoms with van der Waals surface area (Å²) in [5.41, 5.74) is 0. The van der Waals surface area contributed by atoms with Gasteiger partial charge in [-0.1, -0.05) is 32.6 Å². The Hall–Kier alpha value is -0.140. The van der Waals surface area contributed by atoms with Crippen molar-refractivity contribution >= 4 is 0 Å². The Kier molecular flexibility index (Phi) is 4.43. The molecule has 2 rings (SSSR count). The van der Waals surface area contributed by atoms with Gasteiger partial charge in [0.1, 0.15) is 0 Å². The van der Waals surface area contributed by atoms with Gasteiger partial charge in [-0.25, -0.2) is 8.78 Å². The fraction of sp³-hybridized carbons (Fsp3) is 1.00. The van der Waals surface area contributed by atoms with Gasteiger partial charge in [-0.05, 0) is 43.4 Å². The molecule has 0 heterocycles. The van der Waals surface area contributed by atoms with E-state index in [1.54, 1.807) is 0 Å². The Morgan fingerprint density at radius 1 is 0.941 bits per heavy atom. The number of hydrogen-bond acceptors (Lipinski definition) is 0. The van der Waals surface area contributed by atoms with Crippen molar-refractivity contribution in [3.8, 4) is 0 Å². The zero-order valence-corrected chi connectivity index (χ0v) is 11.1. The van der Waals surface area contributed by atoms with Gasteiger partial charge in [0.2, 0.25) is 5.92 Å². The van der Waals surface area contributed by atoms with Gasteiger partial charge in [-0.3, -0.25) is 0 Å². The Labute approximate surface area is 104 Å². The average Bonchev–Trinajstić information content (AvgIpc) is 2.32. The molecular weight excluding hydrogens is 218 g/mol. The van der Waals surface area contributed by atoms with Crippen molar-refractivity contribution in [1.82, 2.24) is 0 Å². The molecule has 2 atom stereocenters. The van der Waals surface area contributed by atoms with E-state index in [0.717, 1.165) is 24.7 Å². The molecule has 0 spiro atoms. The highest BCUT2D eigenvalue weighted by molar-refractivity contribution is 4.81. The van der Waals surface area contributed by atoms with E-state index in [1.807, 2.05) is 0 Å². The zero-order chi connectivity index (χ0) is 12.3. The first-order chi connectivity index (χ1) is 8.09. The molecule has 0 radical (unpaired) electrons. The lowest BCUT2D eigenvalue weighted by Gasteiger charge is -2.34. The van der Waals surface area contributed by atoms with Gasteiger partial charge in [-0.15, -0.1) is 0 Å². The molecule has 2 aliphatic carbocycles. The fourth-order valence-corrected chi connectivity index (χ4v) is 3.79. The Bertz CT molecular complexity index is 227. The Balaban J connectivity index is 1.74. The third kappa shape index (κ3) is 3.93. The minimum atomic E-state index is -2.35. The van der Waals surface area contributed by atoms with Crippen LogP contribution in [0.5, 0.6) is 0 Å². The number of hydrogen-bond donors (Lipinski definition) is 0. The molecule has 0 aromatic rings. The van der Waals surface area contributed by atoms with Crippen molar-refractivity contribution in [2.75, 3.05) is 0 Å². The quantitative estimate of drug-likeness (QED) is 0.622. The highest BCUT2D eigenvalue weighted by Crippen LogP contribution is 2.41. The van der Waals surface area contributed by atoms with Crippen molar-refractivity contribution in [2.45, 2.75) is 77.1 Å². The van der Waals surface area contributed by atoms with Crippen LogP contribution in [0.1, 0.15) is 71.1 Å². The van der Waals surface area contributed by atoms with Crippen LogP contribution in [0.25, 0.3) is 0 Å². The van der Waals surface area contributed by atoms with E-state index in [-0.39, 0.29) is 12.8 Å². The number of rotatable bonds is 3.